The molecule has 0 saturated heterocycles. The van der Waals surface area contributed by atoms with Gasteiger partial charge in [0.1, 0.15) is 0 Å². The predicted molar refractivity (Wildman–Crippen MR) is 82.7 cm³/mol. The minimum Gasteiger partial charge on any atom is -0.0605 e. The van der Waals surface area contributed by atoms with Crippen LogP contribution in [0.15, 0.2) is 54.3 Å². The number of hydrogen-bond donors (Lipinski definition) is 0. The summed E-state index contributed by atoms with van der Waals surface area (Å²) < 4.78 is 4.25. The molecule has 0 amide bonds. The molecule has 0 radical (unpaired) electrons. The largest absolute Gasteiger partial charge is 0.0605 e. The third-order valence-electron chi connectivity index (χ3n) is 2.12. The molecular formula is C12H6Br4. The van der Waals surface area contributed by atoms with Gasteiger partial charge in [-0.05, 0) is 29.8 Å². The Hall–Kier alpha value is 0.360. The average Bonchev–Trinajstić information content (AvgIpc) is 2.15. The lowest BCUT2D eigenvalue weighted by Crippen LogP contribution is -1.83. The van der Waals surface area contributed by atoms with Crippen LogP contribution in [0.2, 0.25) is 0 Å². The van der Waals surface area contributed by atoms with Crippen molar-refractivity contribution in [1.29, 1.82) is 0 Å². The van der Waals surface area contributed by atoms with E-state index in [1.54, 1.807) is 0 Å². The predicted octanol–water partition coefficient (Wildman–Crippen LogP) is 6.40. The molecule has 2 aromatic rings. The van der Waals surface area contributed by atoms with Crippen LogP contribution >= 0.6 is 63.7 Å². The third-order valence-corrected chi connectivity index (χ3v) is 4.32. The van der Waals surface area contributed by atoms with E-state index in [9.17, 15) is 0 Å². The van der Waals surface area contributed by atoms with E-state index in [0.29, 0.717) is 0 Å². The number of halogens is 4. The van der Waals surface area contributed by atoms with E-state index >= 15 is 0 Å². The molecule has 0 fully saturated rings. The molecule has 0 N–H and O–H groups in total. The first kappa shape index (κ1) is 12.8. The molecule has 0 atom stereocenters. The van der Waals surface area contributed by atoms with Gasteiger partial charge in [-0.3, -0.25) is 0 Å². The molecule has 16 heavy (non-hydrogen) atoms. The molecular weight excluding hydrogens is 464 g/mol. The van der Waals surface area contributed by atoms with Crippen LogP contribution in [0.4, 0.5) is 0 Å². The van der Waals surface area contributed by atoms with Crippen LogP contribution in [0.25, 0.3) is 11.1 Å². The van der Waals surface area contributed by atoms with Gasteiger partial charge in [0.15, 0.2) is 0 Å². The summed E-state index contributed by atoms with van der Waals surface area (Å²) in [4.78, 5) is 0. The lowest BCUT2D eigenvalue weighted by Gasteiger charge is -2.09. The van der Waals surface area contributed by atoms with Crippen molar-refractivity contribution in [2.45, 2.75) is 0 Å². The molecule has 0 bridgehead atoms. The Labute approximate surface area is 128 Å². The molecule has 0 aliphatic rings. The Kier molecular flexibility index (Phi) is 4.27. The molecule has 0 aromatic heterocycles. The summed E-state index contributed by atoms with van der Waals surface area (Å²) in [6, 6.07) is 12.3. The first-order valence-corrected chi connectivity index (χ1v) is 7.65. The molecule has 2 rings (SSSR count). The van der Waals surface area contributed by atoms with E-state index in [0.717, 1.165) is 23.5 Å². The van der Waals surface area contributed by atoms with Crippen LogP contribution < -0.4 is 0 Å². The van der Waals surface area contributed by atoms with Gasteiger partial charge in [-0.25, -0.2) is 0 Å². The minimum atomic E-state index is 1.05. The Morgan fingerprint density at radius 3 is 1.88 bits per heavy atom. The zero-order valence-corrected chi connectivity index (χ0v) is 14.3. The van der Waals surface area contributed by atoms with Crippen molar-refractivity contribution in [2.75, 3.05) is 0 Å². The Morgan fingerprint density at radius 1 is 0.688 bits per heavy atom. The van der Waals surface area contributed by atoms with E-state index in [1.807, 2.05) is 24.3 Å². The van der Waals surface area contributed by atoms with Gasteiger partial charge < -0.3 is 0 Å². The van der Waals surface area contributed by atoms with Crippen molar-refractivity contribution in [3.05, 3.63) is 54.3 Å². The van der Waals surface area contributed by atoms with E-state index in [1.165, 1.54) is 5.56 Å². The normalized spacial score (nSPS) is 10.5. The van der Waals surface area contributed by atoms with Gasteiger partial charge in [-0.15, -0.1) is 0 Å². The lowest BCUT2D eigenvalue weighted by molar-refractivity contribution is 1.51. The molecule has 0 unspecified atom stereocenters. The summed E-state index contributed by atoms with van der Waals surface area (Å²) in [5.41, 5.74) is 2.32. The Morgan fingerprint density at radius 2 is 1.31 bits per heavy atom. The van der Waals surface area contributed by atoms with E-state index in [-0.39, 0.29) is 0 Å². The quantitative estimate of drug-likeness (QED) is 0.453. The Bertz CT molecular complexity index is 511. The fourth-order valence-corrected chi connectivity index (χ4v) is 4.58. The molecule has 0 aliphatic carbocycles. The standard InChI is InChI=1S/C12H6Br4/c13-8-3-1-2-7(4-8)12-10(15)5-9(14)6-11(12)16/h1-6H. The maximum Gasteiger partial charge on any atom is 0.0276 e. The number of hydrogen-bond acceptors (Lipinski definition) is 0. The summed E-state index contributed by atoms with van der Waals surface area (Å²) in [6.45, 7) is 0. The molecule has 0 aliphatic heterocycles. The van der Waals surface area contributed by atoms with Gasteiger partial charge in [-0.2, -0.15) is 0 Å². The molecule has 82 valence electrons. The second kappa shape index (κ2) is 5.34. The summed E-state index contributed by atoms with van der Waals surface area (Å²) in [7, 11) is 0. The lowest BCUT2D eigenvalue weighted by atomic mass is 10.1. The smallest absolute Gasteiger partial charge is 0.0276 e. The molecule has 2 aromatic carbocycles. The second-order valence-electron chi connectivity index (χ2n) is 3.25. The summed E-state index contributed by atoms with van der Waals surface area (Å²) in [5.74, 6) is 0. The summed E-state index contributed by atoms with van der Waals surface area (Å²) >= 11 is 14.1. The van der Waals surface area contributed by atoms with Crippen LogP contribution in [0.3, 0.4) is 0 Å². The zero-order chi connectivity index (χ0) is 11.7. The van der Waals surface area contributed by atoms with Crippen molar-refractivity contribution in [3.8, 4) is 11.1 Å². The van der Waals surface area contributed by atoms with Crippen LogP contribution in [-0.2, 0) is 0 Å². The second-order valence-corrected chi connectivity index (χ2v) is 6.79. The number of benzene rings is 2. The zero-order valence-electron chi connectivity index (χ0n) is 7.98. The SMILES string of the molecule is Brc1cccc(-c2c(Br)cc(Br)cc2Br)c1. The maximum atomic E-state index is 3.58. The molecule has 0 heterocycles. The number of rotatable bonds is 1. The highest BCUT2D eigenvalue weighted by atomic mass is 79.9. The fourth-order valence-electron chi connectivity index (χ4n) is 1.46. The monoisotopic (exact) mass is 466 g/mol. The molecule has 0 saturated carbocycles. The van der Waals surface area contributed by atoms with Crippen LogP contribution in [0.5, 0.6) is 0 Å². The van der Waals surface area contributed by atoms with E-state index in [2.05, 4.69) is 75.9 Å². The molecule has 0 nitrogen and oxygen atoms in total. The van der Waals surface area contributed by atoms with Crippen molar-refractivity contribution in [1.82, 2.24) is 0 Å². The highest BCUT2D eigenvalue weighted by Gasteiger charge is 2.09. The highest BCUT2D eigenvalue weighted by Crippen LogP contribution is 2.38. The average molecular weight is 470 g/mol. The third kappa shape index (κ3) is 2.78. The Balaban J connectivity index is 2.64. The van der Waals surface area contributed by atoms with Gasteiger partial charge in [0, 0.05) is 23.5 Å². The van der Waals surface area contributed by atoms with Gasteiger partial charge in [0.25, 0.3) is 0 Å². The van der Waals surface area contributed by atoms with Gasteiger partial charge in [-0.1, -0.05) is 75.9 Å². The van der Waals surface area contributed by atoms with Crippen molar-refractivity contribution in [2.24, 2.45) is 0 Å². The van der Waals surface area contributed by atoms with Gasteiger partial charge in [0.05, 0.1) is 0 Å². The van der Waals surface area contributed by atoms with Gasteiger partial charge >= 0.3 is 0 Å². The highest BCUT2D eigenvalue weighted by molar-refractivity contribution is 9.11. The first-order valence-electron chi connectivity index (χ1n) is 4.48. The van der Waals surface area contributed by atoms with E-state index in [4.69, 9.17) is 0 Å². The van der Waals surface area contributed by atoms with Crippen molar-refractivity contribution >= 4 is 63.7 Å². The van der Waals surface area contributed by atoms with Gasteiger partial charge in [0.2, 0.25) is 0 Å². The topological polar surface area (TPSA) is 0 Å². The van der Waals surface area contributed by atoms with Crippen LogP contribution in [0, 0.1) is 0 Å². The molecule has 4 heteroatoms. The van der Waals surface area contributed by atoms with E-state index < -0.39 is 0 Å². The fraction of sp³-hybridized carbons (Fsp3) is 0. The molecule has 0 spiro atoms. The minimum absolute atomic E-state index is 1.05. The summed E-state index contributed by atoms with van der Waals surface area (Å²) in [5, 5.41) is 0. The summed E-state index contributed by atoms with van der Waals surface area (Å²) in [6.07, 6.45) is 0. The van der Waals surface area contributed by atoms with Crippen molar-refractivity contribution in [3.63, 3.8) is 0 Å². The van der Waals surface area contributed by atoms with Crippen LogP contribution in [-0.4, -0.2) is 0 Å². The van der Waals surface area contributed by atoms with Crippen LogP contribution in [0.1, 0.15) is 0 Å². The maximum absolute atomic E-state index is 3.58. The van der Waals surface area contributed by atoms with Crippen molar-refractivity contribution < 1.29 is 0 Å². The first-order chi connectivity index (χ1) is 7.58.